The van der Waals surface area contributed by atoms with Crippen molar-refractivity contribution in [3.8, 4) is 11.3 Å². The summed E-state index contributed by atoms with van der Waals surface area (Å²) in [4.78, 5) is 16.2. The lowest BCUT2D eigenvalue weighted by molar-refractivity contribution is 0.0531. The smallest absolute Gasteiger partial charge is 0.277 e. The largest absolute Gasteiger partial charge is 0.295 e. The maximum Gasteiger partial charge on any atom is 0.295 e. The first-order valence-corrected chi connectivity index (χ1v) is 6.11. The molecule has 0 bridgehead atoms. The molecule has 0 aliphatic rings. The highest BCUT2D eigenvalue weighted by atomic mass is 35.5. The predicted octanol–water partition coefficient (Wildman–Crippen LogP) is 2.69. The van der Waals surface area contributed by atoms with E-state index in [-0.39, 0.29) is 5.69 Å². The minimum absolute atomic E-state index is 0.255. The summed E-state index contributed by atoms with van der Waals surface area (Å²) in [5.41, 5.74) is 4.04. The van der Waals surface area contributed by atoms with E-state index in [4.69, 9.17) is 23.2 Å². The molecule has 1 amide bonds. The van der Waals surface area contributed by atoms with Crippen LogP contribution in [0.1, 0.15) is 10.5 Å². The first kappa shape index (κ1) is 13.9. The van der Waals surface area contributed by atoms with Crippen LogP contribution in [-0.2, 0) is 11.9 Å². The Morgan fingerprint density at radius 1 is 1.32 bits per heavy atom. The van der Waals surface area contributed by atoms with E-state index in [1.165, 1.54) is 7.11 Å². The van der Waals surface area contributed by atoms with Crippen molar-refractivity contribution in [1.82, 2.24) is 15.3 Å². The summed E-state index contributed by atoms with van der Waals surface area (Å²) in [7, 11) is 3.10. The molecule has 1 heterocycles. The molecule has 1 N–H and O–H groups in total. The third kappa shape index (κ3) is 2.89. The molecule has 7 heteroatoms. The quantitative estimate of drug-likeness (QED) is 0.887. The zero-order valence-corrected chi connectivity index (χ0v) is 11.8. The van der Waals surface area contributed by atoms with E-state index >= 15 is 0 Å². The number of rotatable bonds is 3. The van der Waals surface area contributed by atoms with E-state index in [0.29, 0.717) is 10.0 Å². The van der Waals surface area contributed by atoms with E-state index in [2.05, 4.69) is 15.4 Å². The number of nitrogens with one attached hydrogen (secondary N) is 1. The molecule has 0 saturated heterocycles. The maximum absolute atomic E-state index is 11.6. The molecule has 0 aliphatic heterocycles. The van der Waals surface area contributed by atoms with Crippen molar-refractivity contribution in [2.75, 3.05) is 7.11 Å². The maximum atomic E-state index is 11.6. The molecular formula is C12H11Cl2N3O2. The molecule has 2 aromatic rings. The van der Waals surface area contributed by atoms with Crippen LogP contribution in [-0.4, -0.2) is 22.8 Å². The van der Waals surface area contributed by atoms with E-state index in [0.717, 1.165) is 11.3 Å². The zero-order valence-electron chi connectivity index (χ0n) is 10.3. The molecule has 5 nitrogen and oxygen atoms in total. The van der Waals surface area contributed by atoms with E-state index in [1.54, 1.807) is 29.9 Å². The summed E-state index contributed by atoms with van der Waals surface area (Å²) in [6.07, 6.45) is 0. The normalized spacial score (nSPS) is 10.5. The molecule has 0 unspecified atom stereocenters. The second-order valence-electron chi connectivity index (χ2n) is 3.80. The fraction of sp³-hybridized carbons (Fsp3) is 0.167. The lowest BCUT2D eigenvalue weighted by Crippen LogP contribution is -2.22. The Morgan fingerprint density at radius 2 is 2.05 bits per heavy atom. The van der Waals surface area contributed by atoms with Crippen LogP contribution in [0.5, 0.6) is 0 Å². The van der Waals surface area contributed by atoms with Crippen molar-refractivity contribution in [1.29, 1.82) is 0 Å². The number of carbonyl (C=O) groups is 1. The first-order valence-electron chi connectivity index (χ1n) is 5.35. The van der Waals surface area contributed by atoms with Gasteiger partial charge in [-0.05, 0) is 18.2 Å². The van der Waals surface area contributed by atoms with Crippen molar-refractivity contribution < 1.29 is 9.63 Å². The Hall–Kier alpha value is -1.56. The van der Waals surface area contributed by atoms with E-state index in [9.17, 15) is 4.79 Å². The molecular weight excluding hydrogens is 289 g/mol. The summed E-state index contributed by atoms with van der Waals surface area (Å²) in [5, 5.41) is 5.03. The predicted molar refractivity (Wildman–Crippen MR) is 73.1 cm³/mol. The number of amides is 1. The average Bonchev–Trinajstić information content (AvgIpc) is 2.75. The van der Waals surface area contributed by atoms with Crippen molar-refractivity contribution in [2.24, 2.45) is 7.05 Å². The third-order valence-electron chi connectivity index (χ3n) is 2.52. The summed E-state index contributed by atoms with van der Waals surface area (Å²) in [6, 6.07) is 6.87. The summed E-state index contributed by atoms with van der Waals surface area (Å²) < 4.78 is 1.59. The number of hydrogen-bond donors (Lipinski definition) is 1. The SMILES string of the molecule is CONC(=O)c1cc(-c2ccc(Cl)c(Cl)c2)n(C)n1. The first-order chi connectivity index (χ1) is 9.02. The summed E-state index contributed by atoms with van der Waals surface area (Å²) in [5.74, 6) is -0.413. The molecule has 1 aromatic carbocycles. The Bertz CT molecular complexity index is 625. The van der Waals surface area contributed by atoms with Gasteiger partial charge in [-0.15, -0.1) is 0 Å². The zero-order chi connectivity index (χ0) is 14.0. The van der Waals surface area contributed by atoms with Gasteiger partial charge < -0.3 is 0 Å². The number of hydroxylamine groups is 1. The molecule has 0 fully saturated rings. The molecule has 0 atom stereocenters. The molecule has 0 saturated carbocycles. The number of hydrogen-bond acceptors (Lipinski definition) is 3. The van der Waals surface area contributed by atoms with Crippen molar-refractivity contribution in [3.63, 3.8) is 0 Å². The van der Waals surface area contributed by atoms with Crippen LogP contribution >= 0.6 is 23.2 Å². The summed E-state index contributed by atoms with van der Waals surface area (Å²) >= 11 is 11.8. The number of benzene rings is 1. The Balaban J connectivity index is 2.40. The molecule has 0 radical (unpaired) electrons. The monoisotopic (exact) mass is 299 g/mol. The van der Waals surface area contributed by atoms with Crippen molar-refractivity contribution in [2.45, 2.75) is 0 Å². The van der Waals surface area contributed by atoms with Gasteiger partial charge in [-0.25, -0.2) is 5.48 Å². The van der Waals surface area contributed by atoms with Gasteiger partial charge in [0.2, 0.25) is 0 Å². The fourth-order valence-electron chi connectivity index (χ4n) is 1.65. The number of carbonyl (C=O) groups excluding carboxylic acids is 1. The van der Waals surface area contributed by atoms with E-state index in [1.807, 2.05) is 6.07 Å². The molecule has 19 heavy (non-hydrogen) atoms. The Kier molecular flexibility index (Phi) is 4.09. The van der Waals surface area contributed by atoms with Gasteiger partial charge in [0, 0.05) is 12.6 Å². The van der Waals surface area contributed by atoms with Gasteiger partial charge in [-0.2, -0.15) is 5.10 Å². The number of aryl methyl sites for hydroxylation is 1. The standard InChI is InChI=1S/C12H11Cl2N3O2/c1-17-11(6-10(15-17)12(18)16-19-2)7-3-4-8(13)9(14)5-7/h3-6H,1-2H3,(H,16,18). The van der Waals surface area contributed by atoms with Gasteiger partial charge in [0.25, 0.3) is 5.91 Å². The van der Waals surface area contributed by atoms with Crippen LogP contribution in [0.2, 0.25) is 10.0 Å². The average molecular weight is 300 g/mol. The minimum Gasteiger partial charge on any atom is -0.277 e. The summed E-state index contributed by atoms with van der Waals surface area (Å²) in [6.45, 7) is 0. The van der Waals surface area contributed by atoms with Gasteiger partial charge in [0.15, 0.2) is 5.69 Å². The highest BCUT2D eigenvalue weighted by Crippen LogP contribution is 2.28. The third-order valence-corrected chi connectivity index (χ3v) is 3.26. The molecule has 1 aromatic heterocycles. The van der Waals surface area contributed by atoms with E-state index < -0.39 is 5.91 Å². The highest BCUT2D eigenvalue weighted by Gasteiger charge is 2.14. The molecule has 0 spiro atoms. The topological polar surface area (TPSA) is 56.1 Å². The molecule has 2 rings (SSSR count). The lowest BCUT2D eigenvalue weighted by Gasteiger charge is -2.03. The Morgan fingerprint density at radius 3 is 2.68 bits per heavy atom. The number of aromatic nitrogens is 2. The highest BCUT2D eigenvalue weighted by molar-refractivity contribution is 6.42. The Labute approximate surface area is 120 Å². The minimum atomic E-state index is -0.413. The van der Waals surface area contributed by atoms with Gasteiger partial charge in [0.1, 0.15) is 0 Å². The second-order valence-corrected chi connectivity index (χ2v) is 4.62. The second kappa shape index (κ2) is 5.61. The van der Waals surface area contributed by atoms with Gasteiger partial charge in [-0.3, -0.25) is 14.3 Å². The van der Waals surface area contributed by atoms with Gasteiger partial charge in [0.05, 0.1) is 22.8 Å². The van der Waals surface area contributed by atoms with Crippen molar-refractivity contribution in [3.05, 3.63) is 40.0 Å². The molecule has 100 valence electrons. The number of nitrogens with zero attached hydrogens (tertiary/aromatic N) is 2. The van der Waals surface area contributed by atoms with Crippen LogP contribution in [0, 0.1) is 0 Å². The lowest BCUT2D eigenvalue weighted by atomic mass is 10.1. The van der Waals surface area contributed by atoms with Gasteiger partial charge in [-0.1, -0.05) is 29.3 Å². The van der Waals surface area contributed by atoms with Crippen LogP contribution in [0.4, 0.5) is 0 Å². The molecule has 0 aliphatic carbocycles. The number of halogens is 2. The van der Waals surface area contributed by atoms with Gasteiger partial charge >= 0.3 is 0 Å². The van der Waals surface area contributed by atoms with Crippen LogP contribution in [0.25, 0.3) is 11.3 Å². The van der Waals surface area contributed by atoms with Crippen LogP contribution in [0.3, 0.4) is 0 Å². The van der Waals surface area contributed by atoms with Crippen molar-refractivity contribution >= 4 is 29.1 Å². The fourth-order valence-corrected chi connectivity index (χ4v) is 1.95. The van der Waals surface area contributed by atoms with Crippen LogP contribution < -0.4 is 5.48 Å². The van der Waals surface area contributed by atoms with Crippen LogP contribution in [0.15, 0.2) is 24.3 Å².